The second kappa shape index (κ2) is 7.84. The van der Waals surface area contributed by atoms with Crippen molar-refractivity contribution in [1.29, 1.82) is 0 Å². The monoisotopic (exact) mass is 401 g/mol. The summed E-state index contributed by atoms with van der Waals surface area (Å²) in [5, 5.41) is 4.39. The third kappa shape index (κ3) is 4.48. The van der Waals surface area contributed by atoms with E-state index in [0.717, 1.165) is 11.1 Å². The normalized spacial score (nSPS) is 17.5. The van der Waals surface area contributed by atoms with Gasteiger partial charge in [0, 0.05) is 17.3 Å². The maximum absolute atomic E-state index is 12.4. The second-order valence-electron chi connectivity index (χ2n) is 6.94. The van der Waals surface area contributed by atoms with Gasteiger partial charge in [0.05, 0.1) is 0 Å². The highest BCUT2D eigenvalue weighted by Crippen LogP contribution is 2.35. The fourth-order valence-electron chi connectivity index (χ4n) is 2.91. The minimum atomic E-state index is -4.10. The molecule has 2 rings (SSSR count). The number of sulfonamides is 1. The van der Waals surface area contributed by atoms with Gasteiger partial charge in [-0.3, -0.25) is 4.79 Å². The Morgan fingerprint density at radius 1 is 1.19 bits per heavy atom. The Kier molecular flexibility index (Phi) is 6.18. The molecule has 0 radical (unpaired) electrons. The van der Waals surface area contributed by atoms with Crippen LogP contribution in [-0.2, 0) is 14.8 Å². The van der Waals surface area contributed by atoms with E-state index in [1.165, 1.54) is 0 Å². The van der Waals surface area contributed by atoms with E-state index in [0.29, 0.717) is 10.7 Å². The minimum Gasteiger partial charge on any atom is -0.355 e. The van der Waals surface area contributed by atoms with Crippen molar-refractivity contribution in [3.63, 3.8) is 0 Å². The zero-order valence-corrected chi connectivity index (χ0v) is 16.8. The van der Waals surface area contributed by atoms with E-state index in [4.69, 9.17) is 11.6 Å². The van der Waals surface area contributed by atoms with Gasteiger partial charge in [0.1, 0.15) is 0 Å². The smallest absolute Gasteiger partial charge is 0.332 e. The topological polar surface area (TPSA) is 104 Å². The van der Waals surface area contributed by atoms with Gasteiger partial charge in [-0.15, -0.1) is 0 Å². The van der Waals surface area contributed by atoms with Crippen molar-refractivity contribution in [2.45, 2.75) is 51.2 Å². The Balaban J connectivity index is 2.30. The van der Waals surface area contributed by atoms with Gasteiger partial charge in [-0.25, -0.2) is 17.9 Å². The first-order valence-electron chi connectivity index (χ1n) is 8.46. The van der Waals surface area contributed by atoms with Gasteiger partial charge in [0.25, 0.3) is 0 Å². The molecule has 26 heavy (non-hydrogen) atoms. The molecule has 144 valence electrons. The van der Waals surface area contributed by atoms with Crippen LogP contribution in [0.5, 0.6) is 0 Å². The van der Waals surface area contributed by atoms with E-state index in [1.807, 2.05) is 32.4 Å². The Hall–Kier alpha value is -1.80. The lowest BCUT2D eigenvalue weighted by Crippen LogP contribution is -2.43. The minimum absolute atomic E-state index is 0.0683. The zero-order valence-electron chi connectivity index (χ0n) is 15.2. The number of carbonyl (C=O) groups is 2. The van der Waals surface area contributed by atoms with Gasteiger partial charge >= 0.3 is 6.03 Å². The quantitative estimate of drug-likeness (QED) is 0.705. The van der Waals surface area contributed by atoms with Crippen molar-refractivity contribution >= 4 is 39.2 Å². The summed E-state index contributed by atoms with van der Waals surface area (Å²) in [5.41, 5.74) is 2.17. The third-order valence-electron chi connectivity index (χ3n) is 4.25. The highest BCUT2D eigenvalue weighted by Gasteiger charge is 2.37. The van der Waals surface area contributed by atoms with Crippen LogP contribution in [-0.4, -0.2) is 32.2 Å². The van der Waals surface area contributed by atoms with E-state index in [9.17, 15) is 18.0 Å². The first-order valence-corrected chi connectivity index (χ1v) is 10.4. The van der Waals surface area contributed by atoms with Gasteiger partial charge < -0.3 is 10.6 Å². The number of rotatable bonds is 5. The number of nitrogens with one attached hydrogen (secondary N) is 3. The van der Waals surface area contributed by atoms with E-state index < -0.39 is 27.2 Å². The molecule has 7 nitrogen and oxygen atoms in total. The predicted octanol–water partition coefficient (Wildman–Crippen LogP) is 2.93. The van der Waals surface area contributed by atoms with E-state index in [1.54, 1.807) is 12.1 Å². The molecule has 1 aliphatic heterocycles. The molecule has 3 amide bonds. The summed E-state index contributed by atoms with van der Waals surface area (Å²) in [5.74, 6) is -0.458. The number of carbonyl (C=O) groups excluding carboxylic acids is 2. The van der Waals surface area contributed by atoms with Gasteiger partial charge in [0.2, 0.25) is 15.9 Å². The number of hydrogen-bond donors (Lipinski definition) is 3. The molecule has 1 unspecified atom stereocenters. The predicted molar refractivity (Wildman–Crippen MR) is 102 cm³/mol. The first-order chi connectivity index (χ1) is 12.0. The average molecular weight is 402 g/mol. The molecule has 9 heteroatoms. The lowest BCUT2D eigenvalue weighted by molar-refractivity contribution is -0.118. The molecule has 1 aromatic carbocycles. The fraction of sp³-hybridized carbons (Fsp3) is 0.529. The van der Waals surface area contributed by atoms with Crippen LogP contribution >= 0.6 is 11.6 Å². The number of urea groups is 1. The van der Waals surface area contributed by atoms with Crippen molar-refractivity contribution in [1.82, 2.24) is 10.0 Å². The highest BCUT2D eigenvalue weighted by molar-refractivity contribution is 7.91. The number of halogens is 1. The van der Waals surface area contributed by atoms with Crippen molar-refractivity contribution in [3.8, 4) is 0 Å². The number of benzene rings is 1. The maximum Gasteiger partial charge on any atom is 0.332 e. The van der Waals surface area contributed by atoms with E-state index in [2.05, 4.69) is 10.6 Å². The SMILES string of the molecule is CC(C)c1cc(Cl)cc(C(C)C)c1NC(=O)NS(=O)(=O)C1CCNC1=O. The summed E-state index contributed by atoms with van der Waals surface area (Å²) in [4.78, 5) is 24.0. The molecule has 1 heterocycles. The molecule has 1 fully saturated rings. The van der Waals surface area contributed by atoms with Crippen LogP contribution in [0.15, 0.2) is 12.1 Å². The number of hydrogen-bond acceptors (Lipinski definition) is 4. The lowest BCUT2D eigenvalue weighted by atomic mass is 9.92. The van der Waals surface area contributed by atoms with Crippen LogP contribution < -0.4 is 15.4 Å². The molecular weight excluding hydrogens is 378 g/mol. The van der Waals surface area contributed by atoms with Crippen LogP contribution in [0.3, 0.4) is 0 Å². The Labute approximate surface area is 158 Å². The number of amides is 3. The zero-order chi connectivity index (χ0) is 19.6. The van der Waals surface area contributed by atoms with Gasteiger partial charge in [-0.2, -0.15) is 0 Å². The summed E-state index contributed by atoms with van der Waals surface area (Å²) in [6, 6.07) is 2.62. The Morgan fingerprint density at radius 2 is 1.73 bits per heavy atom. The maximum atomic E-state index is 12.4. The summed E-state index contributed by atoms with van der Waals surface area (Å²) in [6.45, 7) is 8.10. The van der Waals surface area contributed by atoms with Gasteiger partial charge in [-0.1, -0.05) is 39.3 Å². The Morgan fingerprint density at radius 3 is 2.15 bits per heavy atom. The molecule has 3 N–H and O–H groups in total. The molecule has 0 aliphatic carbocycles. The van der Waals surface area contributed by atoms with Crippen LogP contribution in [0.4, 0.5) is 10.5 Å². The van der Waals surface area contributed by atoms with Crippen molar-refractivity contribution in [2.24, 2.45) is 0 Å². The van der Waals surface area contributed by atoms with Crippen LogP contribution in [0.1, 0.15) is 57.1 Å². The van der Waals surface area contributed by atoms with Crippen LogP contribution in [0, 0.1) is 0 Å². The standard InChI is InChI=1S/C17H24ClN3O4S/c1-9(2)12-7-11(18)8-13(10(3)4)15(12)20-17(23)21-26(24,25)14-5-6-19-16(14)22/h7-10,14H,5-6H2,1-4H3,(H,19,22)(H2,20,21,23). The van der Waals surface area contributed by atoms with E-state index >= 15 is 0 Å². The summed E-state index contributed by atoms with van der Waals surface area (Å²) in [6.07, 6.45) is 0.136. The van der Waals surface area contributed by atoms with E-state index in [-0.39, 0.29) is 24.8 Å². The first kappa shape index (κ1) is 20.5. The van der Waals surface area contributed by atoms with Crippen molar-refractivity contribution in [2.75, 3.05) is 11.9 Å². The molecule has 1 atom stereocenters. The average Bonchev–Trinajstić information content (AvgIpc) is 2.94. The highest BCUT2D eigenvalue weighted by atomic mass is 35.5. The molecule has 0 bridgehead atoms. The van der Waals surface area contributed by atoms with Gasteiger partial charge in [-0.05, 0) is 41.5 Å². The third-order valence-corrected chi connectivity index (χ3v) is 6.14. The largest absolute Gasteiger partial charge is 0.355 e. The second-order valence-corrected chi connectivity index (χ2v) is 9.24. The van der Waals surface area contributed by atoms with Gasteiger partial charge in [0.15, 0.2) is 5.25 Å². The number of anilines is 1. The van der Waals surface area contributed by atoms with Crippen LogP contribution in [0.25, 0.3) is 0 Å². The lowest BCUT2D eigenvalue weighted by Gasteiger charge is -2.21. The molecule has 1 aliphatic rings. The summed E-state index contributed by atoms with van der Waals surface area (Å²) in [7, 11) is -4.10. The molecule has 0 aromatic heterocycles. The summed E-state index contributed by atoms with van der Waals surface area (Å²) < 4.78 is 26.5. The molecule has 1 aromatic rings. The molecular formula is C17H24ClN3O4S. The fourth-order valence-corrected chi connectivity index (χ4v) is 4.39. The molecule has 1 saturated heterocycles. The van der Waals surface area contributed by atoms with Crippen molar-refractivity contribution < 1.29 is 18.0 Å². The molecule has 0 spiro atoms. The van der Waals surface area contributed by atoms with Crippen molar-refractivity contribution in [3.05, 3.63) is 28.3 Å². The Bertz CT molecular complexity index is 792. The van der Waals surface area contributed by atoms with Crippen LogP contribution in [0.2, 0.25) is 5.02 Å². The summed E-state index contributed by atoms with van der Waals surface area (Å²) >= 11 is 6.19. The molecule has 0 saturated carbocycles.